The van der Waals surface area contributed by atoms with E-state index in [0.717, 1.165) is 25.0 Å². The first-order chi connectivity index (χ1) is 9.02. The SMILES string of the molecule is Cc1cccc(CCN)c1OCC1CCC(C)(C)O1. The summed E-state index contributed by atoms with van der Waals surface area (Å²) in [5.41, 5.74) is 8.02. The molecule has 0 bridgehead atoms. The minimum atomic E-state index is -0.000151. The maximum absolute atomic E-state index is 6.02. The van der Waals surface area contributed by atoms with Crippen molar-refractivity contribution in [2.75, 3.05) is 13.2 Å². The predicted molar refractivity (Wildman–Crippen MR) is 77.6 cm³/mol. The minimum Gasteiger partial charge on any atom is -0.490 e. The molecule has 0 spiro atoms. The lowest BCUT2D eigenvalue weighted by atomic mass is 10.1. The van der Waals surface area contributed by atoms with Gasteiger partial charge in [-0.3, -0.25) is 0 Å². The summed E-state index contributed by atoms with van der Waals surface area (Å²) >= 11 is 0. The van der Waals surface area contributed by atoms with Gasteiger partial charge in [-0.1, -0.05) is 18.2 Å². The summed E-state index contributed by atoms with van der Waals surface area (Å²) in [6, 6.07) is 6.23. The summed E-state index contributed by atoms with van der Waals surface area (Å²) in [4.78, 5) is 0. The van der Waals surface area contributed by atoms with Gasteiger partial charge in [0.15, 0.2) is 0 Å². The van der Waals surface area contributed by atoms with E-state index >= 15 is 0 Å². The van der Waals surface area contributed by atoms with E-state index in [-0.39, 0.29) is 11.7 Å². The molecule has 0 radical (unpaired) electrons. The third-order valence-electron chi connectivity index (χ3n) is 3.67. The Morgan fingerprint density at radius 2 is 2.21 bits per heavy atom. The molecule has 1 aliphatic heterocycles. The van der Waals surface area contributed by atoms with Gasteiger partial charge in [0.1, 0.15) is 12.4 Å². The van der Waals surface area contributed by atoms with Crippen molar-refractivity contribution in [3.05, 3.63) is 29.3 Å². The highest BCUT2D eigenvalue weighted by molar-refractivity contribution is 5.41. The zero-order valence-corrected chi connectivity index (χ0v) is 12.2. The molecule has 1 unspecified atom stereocenters. The average Bonchev–Trinajstić information content (AvgIpc) is 2.69. The Kier molecular flexibility index (Phi) is 4.48. The molecular weight excluding hydrogens is 238 g/mol. The number of ether oxygens (including phenoxy) is 2. The van der Waals surface area contributed by atoms with Gasteiger partial charge < -0.3 is 15.2 Å². The van der Waals surface area contributed by atoms with Crippen LogP contribution in [-0.4, -0.2) is 24.9 Å². The van der Waals surface area contributed by atoms with E-state index in [0.29, 0.717) is 13.2 Å². The van der Waals surface area contributed by atoms with E-state index in [9.17, 15) is 0 Å². The Hall–Kier alpha value is -1.06. The fourth-order valence-electron chi connectivity index (χ4n) is 2.64. The molecule has 0 amide bonds. The van der Waals surface area contributed by atoms with E-state index < -0.39 is 0 Å². The van der Waals surface area contributed by atoms with Gasteiger partial charge in [0.25, 0.3) is 0 Å². The van der Waals surface area contributed by atoms with Crippen LogP contribution < -0.4 is 10.5 Å². The molecule has 0 saturated carbocycles. The van der Waals surface area contributed by atoms with Crippen molar-refractivity contribution >= 4 is 0 Å². The van der Waals surface area contributed by atoms with Gasteiger partial charge in [0.05, 0.1) is 11.7 Å². The van der Waals surface area contributed by atoms with Crippen molar-refractivity contribution in [2.45, 2.75) is 51.7 Å². The normalized spacial score (nSPS) is 21.6. The van der Waals surface area contributed by atoms with Gasteiger partial charge in [0, 0.05) is 0 Å². The number of benzene rings is 1. The second-order valence-corrected chi connectivity index (χ2v) is 5.95. The maximum atomic E-state index is 6.02. The summed E-state index contributed by atoms with van der Waals surface area (Å²) in [6.07, 6.45) is 3.24. The van der Waals surface area contributed by atoms with Crippen molar-refractivity contribution in [1.29, 1.82) is 0 Å². The van der Waals surface area contributed by atoms with Crippen molar-refractivity contribution in [2.24, 2.45) is 5.73 Å². The first kappa shape index (κ1) is 14.4. The van der Waals surface area contributed by atoms with Gasteiger partial charge in [-0.2, -0.15) is 0 Å². The maximum Gasteiger partial charge on any atom is 0.125 e. The first-order valence-electron chi connectivity index (χ1n) is 7.11. The summed E-state index contributed by atoms with van der Waals surface area (Å²) in [5, 5.41) is 0. The monoisotopic (exact) mass is 263 g/mol. The number of nitrogens with two attached hydrogens (primary N) is 1. The number of aryl methyl sites for hydroxylation is 1. The largest absolute Gasteiger partial charge is 0.490 e. The zero-order chi connectivity index (χ0) is 13.9. The van der Waals surface area contributed by atoms with E-state index in [1.165, 1.54) is 11.1 Å². The molecule has 1 heterocycles. The molecular formula is C16H25NO2. The molecule has 106 valence electrons. The molecule has 0 aromatic heterocycles. The van der Waals surface area contributed by atoms with E-state index in [1.807, 2.05) is 0 Å². The molecule has 2 N–H and O–H groups in total. The smallest absolute Gasteiger partial charge is 0.125 e. The topological polar surface area (TPSA) is 44.5 Å². The average molecular weight is 263 g/mol. The zero-order valence-electron chi connectivity index (χ0n) is 12.2. The van der Waals surface area contributed by atoms with Gasteiger partial charge >= 0.3 is 0 Å². The summed E-state index contributed by atoms with van der Waals surface area (Å²) in [6.45, 7) is 7.63. The standard InChI is InChI=1S/C16H25NO2/c1-12-5-4-6-13(8-10-17)15(12)18-11-14-7-9-16(2,3)19-14/h4-6,14H,7-11,17H2,1-3H3. The highest BCUT2D eigenvalue weighted by Crippen LogP contribution is 2.31. The predicted octanol–water partition coefficient (Wildman–Crippen LogP) is 2.83. The van der Waals surface area contributed by atoms with Crippen LogP contribution in [0, 0.1) is 6.92 Å². The third-order valence-corrected chi connectivity index (χ3v) is 3.67. The van der Waals surface area contributed by atoms with Crippen LogP contribution in [0.25, 0.3) is 0 Å². The van der Waals surface area contributed by atoms with Crippen LogP contribution in [0.2, 0.25) is 0 Å². The summed E-state index contributed by atoms with van der Waals surface area (Å²) < 4.78 is 12.0. The van der Waals surface area contributed by atoms with E-state index in [1.54, 1.807) is 0 Å². The molecule has 1 atom stereocenters. The molecule has 1 aromatic carbocycles. The van der Waals surface area contributed by atoms with Crippen LogP contribution >= 0.6 is 0 Å². The van der Waals surface area contributed by atoms with Crippen LogP contribution in [0.15, 0.2) is 18.2 Å². The Morgan fingerprint density at radius 3 is 2.84 bits per heavy atom. The molecule has 1 fully saturated rings. The molecule has 1 aliphatic rings. The van der Waals surface area contributed by atoms with Gasteiger partial charge in [-0.25, -0.2) is 0 Å². The van der Waals surface area contributed by atoms with Crippen LogP contribution in [0.3, 0.4) is 0 Å². The Labute approximate surface area is 116 Å². The molecule has 1 saturated heterocycles. The number of hydrogen-bond donors (Lipinski definition) is 1. The van der Waals surface area contributed by atoms with Crippen LogP contribution in [-0.2, 0) is 11.2 Å². The highest BCUT2D eigenvalue weighted by Gasteiger charge is 2.32. The lowest BCUT2D eigenvalue weighted by molar-refractivity contribution is -0.0328. The molecule has 2 rings (SSSR count). The lowest BCUT2D eigenvalue weighted by Crippen LogP contribution is -2.24. The molecule has 19 heavy (non-hydrogen) atoms. The molecule has 1 aromatic rings. The number of para-hydroxylation sites is 1. The molecule has 0 aliphatic carbocycles. The fourth-order valence-corrected chi connectivity index (χ4v) is 2.64. The fraction of sp³-hybridized carbons (Fsp3) is 0.625. The quantitative estimate of drug-likeness (QED) is 0.888. The van der Waals surface area contributed by atoms with Crippen LogP contribution in [0.4, 0.5) is 0 Å². The summed E-state index contributed by atoms with van der Waals surface area (Å²) in [5.74, 6) is 0.987. The van der Waals surface area contributed by atoms with Gasteiger partial charge in [-0.05, 0) is 57.7 Å². The molecule has 3 heteroatoms. The van der Waals surface area contributed by atoms with Gasteiger partial charge in [-0.15, -0.1) is 0 Å². The van der Waals surface area contributed by atoms with Crippen molar-refractivity contribution in [1.82, 2.24) is 0 Å². The number of rotatable bonds is 5. The van der Waals surface area contributed by atoms with Crippen molar-refractivity contribution in [3.8, 4) is 5.75 Å². The highest BCUT2D eigenvalue weighted by atomic mass is 16.6. The van der Waals surface area contributed by atoms with E-state index in [2.05, 4.69) is 39.0 Å². The third kappa shape index (κ3) is 3.71. The van der Waals surface area contributed by atoms with Crippen molar-refractivity contribution in [3.63, 3.8) is 0 Å². The second kappa shape index (κ2) is 5.93. The van der Waals surface area contributed by atoms with E-state index in [4.69, 9.17) is 15.2 Å². The lowest BCUT2D eigenvalue weighted by Gasteiger charge is -2.20. The number of hydrogen-bond acceptors (Lipinski definition) is 3. The Balaban J connectivity index is 1.99. The van der Waals surface area contributed by atoms with Crippen molar-refractivity contribution < 1.29 is 9.47 Å². The minimum absolute atomic E-state index is 0.000151. The Bertz CT molecular complexity index is 429. The molecule has 3 nitrogen and oxygen atoms in total. The first-order valence-corrected chi connectivity index (χ1v) is 7.11. The van der Waals surface area contributed by atoms with Crippen LogP contribution in [0.5, 0.6) is 5.75 Å². The second-order valence-electron chi connectivity index (χ2n) is 5.95. The summed E-state index contributed by atoms with van der Waals surface area (Å²) in [7, 11) is 0. The van der Waals surface area contributed by atoms with Crippen LogP contribution in [0.1, 0.15) is 37.8 Å². The van der Waals surface area contributed by atoms with Gasteiger partial charge in [0.2, 0.25) is 0 Å². The Morgan fingerprint density at radius 1 is 1.42 bits per heavy atom.